The van der Waals surface area contributed by atoms with E-state index in [2.05, 4.69) is 15.9 Å². The Kier molecular flexibility index (Phi) is 7.77. The fourth-order valence-electron chi connectivity index (χ4n) is 0.557. The van der Waals surface area contributed by atoms with Crippen LogP contribution in [0.3, 0.4) is 0 Å². The Morgan fingerprint density at radius 1 is 1.33 bits per heavy atom. The molecule has 1 nitrogen and oxygen atoms in total. The Hall–Kier alpha value is 0.836. The molecule has 0 saturated carbocycles. The van der Waals surface area contributed by atoms with E-state index >= 15 is 0 Å². The normalized spacial score (nSPS) is 8.75. The first-order valence-electron chi connectivity index (χ1n) is 2.88. The number of hydrogen-bond acceptors (Lipinski definition) is 3. The van der Waals surface area contributed by atoms with Crippen LogP contribution in [0.25, 0.3) is 0 Å². The van der Waals surface area contributed by atoms with Crippen LogP contribution in [0.2, 0.25) is 0 Å². The summed E-state index contributed by atoms with van der Waals surface area (Å²) in [5.74, 6) is 0. The minimum atomic E-state index is -0.0497. The Balaban J connectivity index is -0.000000403. The molecule has 0 aliphatic carbocycles. The second kappa shape index (κ2) is 7.26. The van der Waals surface area contributed by atoms with E-state index in [0.29, 0.717) is 0 Å². The zero-order valence-electron chi connectivity index (χ0n) is 8.20. The standard InChI is InChI=1S/C7H5BrOS2.Mg.2H/c8-7(9)11-10-6-4-2-1-3-5-6;;;/h1-5H;;;/q;+2;2*-1. The summed E-state index contributed by atoms with van der Waals surface area (Å²) in [5, 5.41) is 0. The van der Waals surface area contributed by atoms with E-state index in [1.807, 2.05) is 30.3 Å². The maximum atomic E-state index is 10.5. The molecule has 0 N–H and O–H groups in total. The Morgan fingerprint density at radius 2 is 1.92 bits per heavy atom. The van der Waals surface area contributed by atoms with Crippen LogP contribution < -0.4 is 0 Å². The molecule has 0 unspecified atom stereocenters. The van der Waals surface area contributed by atoms with E-state index in [-0.39, 0.29) is 29.9 Å². The van der Waals surface area contributed by atoms with E-state index in [1.54, 1.807) is 0 Å². The topological polar surface area (TPSA) is 17.1 Å². The van der Waals surface area contributed by atoms with Crippen molar-refractivity contribution < 1.29 is 7.65 Å². The second-order valence-corrected chi connectivity index (χ2v) is 5.14. The van der Waals surface area contributed by atoms with Gasteiger partial charge in [0, 0.05) is 20.8 Å². The van der Waals surface area contributed by atoms with Crippen molar-refractivity contribution in [3.63, 3.8) is 0 Å². The van der Waals surface area contributed by atoms with Crippen molar-refractivity contribution in [2.24, 2.45) is 0 Å². The van der Waals surface area contributed by atoms with E-state index in [1.165, 1.54) is 21.6 Å². The van der Waals surface area contributed by atoms with Crippen molar-refractivity contribution in [1.29, 1.82) is 0 Å². The fourth-order valence-corrected chi connectivity index (χ4v) is 2.40. The monoisotopic (exact) mass is 274 g/mol. The smallest absolute Gasteiger partial charge is 1.00 e. The molecule has 0 amide bonds. The predicted molar refractivity (Wildman–Crippen MR) is 62.2 cm³/mol. The molecule has 0 fully saturated rings. The number of carbonyl (C=O) groups is 1. The number of carbonyl (C=O) groups excluding carboxylic acids is 1. The molecule has 1 rings (SSSR count). The summed E-state index contributed by atoms with van der Waals surface area (Å²) in [6.45, 7) is 0. The van der Waals surface area contributed by atoms with Crippen LogP contribution in [0.5, 0.6) is 0 Å². The number of benzene rings is 1. The Morgan fingerprint density at radius 3 is 2.42 bits per heavy atom. The average Bonchev–Trinajstić information content (AvgIpc) is 2.03. The Bertz CT molecular complexity index is 251. The SMILES string of the molecule is O=C(Br)SSc1ccccc1.[H-].[H-].[Mg+2]. The fraction of sp³-hybridized carbons (Fsp3) is 0. The van der Waals surface area contributed by atoms with Gasteiger partial charge in [-0.1, -0.05) is 18.2 Å². The van der Waals surface area contributed by atoms with Gasteiger partial charge in [0.05, 0.1) is 0 Å². The van der Waals surface area contributed by atoms with Gasteiger partial charge in [-0.05, 0) is 33.7 Å². The van der Waals surface area contributed by atoms with Gasteiger partial charge in [-0.15, -0.1) is 0 Å². The third-order valence-corrected chi connectivity index (χ3v) is 4.04. The summed E-state index contributed by atoms with van der Waals surface area (Å²) in [6, 6.07) is 9.77. The predicted octanol–water partition coefficient (Wildman–Crippen LogP) is 3.79. The van der Waals surface area contributed by atoms with Gasteiger partial charge in [-0.2, -0.15) is 0 Å². The maximum absolute atomic E-state index is 10.5. The first kappa shape index (κ1) is 12.8. The molecule has 0 spiro atoms. The molecule has 0 aliphatic heterocycles. The Labute approximate surface area is 107 Å². The van der Waals surface area contributed by atoms with Crippen LogP contribution in [-0.4, -0.2) is 27.1 Å². The molecule has 0 aromatic heterocycles. The zero-order valence-corrected chi connectivity index (χ0v) is 10.8. The summed E-state index contributed by atoms with van der Waals surface area (Å²) in [6.07, 6.45) is 0. The van der Waals surface area contributed by atoms with Gasteiger partial charge < -0.3 is 2.85 Å². The second-order valence-electron chi connectivity index (χ2n) is 1.72. The van der Waals surface area contributed by atoms with Gasteiger partial charge in [0.25, 0.3) is 4.02 Å². The summed E-state index contributed by atoms with van der Waals surface area (Å²) in [4.78, 5) is 11.6. The van der Waals surface area contributed by atoms with Crippen molar-refractivity contribution in [3.05, 3.63) is 30.3 Å². The third-order valence-electron chi connectivity index (χ3n) is 0.947. The minimum absolute atomic E-state index is 0. The summed E-state index contributed by atoms with van der Waals surface area (Å²) in [7, 11) is 2.63. The molecule has 1 aromatic rings. The van der Waals surface area contributed by atoms with Crippen LogP contribution in [-0.2, 0) is 0 Å². The van der Waals surface area contributed by atoms with Gasteiger partial charge >= 0.3 is 23.1 Å². The quantitative estimate of drug-likeness (QED) is 0.464. The van der Waals surface area contributed by atoms with Crippen LogP contribution in [0.15, 0.2) is 35.2 Å². The maximum Gasteiger partial charge on any atom is 2.00 e. The molecule has 0 atom stereocenters. The molecule has 0 heterocycles. The zero-order chi connectivity index (χ0) is 8.10. The van der Waals surface area contributed by atoms with E-state index in [4.69, 9.17) is 0 Å². The molecular formula is C7H7BrMgOS2. The third kappa shape index (κ3) is 5.48. The number of rotatable bonds is 2. The molecular weight excluding hydrogens is 268 g/mol. The first-order chi connectivity index (χ1) is 5.29. The minimum Gasteiger partial charge on any atom is -1.00 e. The molecule has 0 bridgehead atoms. The molecule has 0 radical (unpaired) electrons. The van der Waals surface area contributed by atoms with E-state index < -0.39 is 0 Å². The van der Waals surface area contributed by atoms with E-state index in [0.717, 1.165) is 4.90 Å². The largest absolute Gasteiger partial charge is 2.00 e. The van der Waals surface area contributed by atoms with Crippen LogP contribution in [0.4, 0.5) is 4.79 Å². The van der Waals surface area contributed by atoms with Gasteiger partial charge in [0.2, 0.25) is 0 Å². The summed E-state index contributed by atoms with van der Waals surface area (Å²) in [5.41, 5.74) is 0. The number of halogens is 1. The van der Waals surface area contributed by atoms with Crippen LogP contribution in [0.1, 0.15) is 2.85 Å². The van der Waals surface area contributed by atoms with Crippen molar-refractivity contribution >= 4 is 64.6 Å². The molecule has 62 valence electrons. The summed E-state index contributed by atoms with van der Waals surface area (Å²) < 4.78 is -0.0497. The first-order valence-corrected chi connectivity index (χ1v) is 5.82. The number of hydrogen-bond donors (Lipinski definition) is 0. The molecule has 0 aliphatic rings. The van der Waals surface area contributed by atoms with Crippen molar-refractivity contribution in [1.82, 2.24) is 0 Å². The molecule has 12 heavy (non-hydrogen) atoms. The van der Waals surface area contributed by atoms with Gasteiger partial charge in [0.15, 0.2) is 0 Å². The van der Waals surface area contributed by atoms with Crippen LogP contribution >= 0.6 is 37.5 Å². The molecule has 1 aromatic carbocycles. The van der Waals surface area contributed by atoms with Crippen LogP contribution in [0, 0.1) is 0 Å². The molecule has 0 saturated heterocycles. The van der Waals surface area contributed by atoms with Gasteiger partial charge in [0.1, 0.15) is 0 Å². The van der Waals surface area contributed by atoms with Gasteiger partial charge in [-0.3, -0.25) is 4.79 Å². The van der Waals surface area contributed by atoms with Crippen molar-refractivity contribution in [3.8, 4) is 0 Å². The average molecular weight is 275 g/mol. The van der Waals surface area contributed by atoms with Crippen molar-refractivity contribution in [2.45, 2.75) is 4.90 Å². The molecule has 5 heteroatoms. The van der Waals surface area contributed by atoms with E-state index in [9.17, 15) is 4.79 Å². The van der Waals surface area contributed by atoms with Gasteiger partial charge in [-0.25, -0.2) is 0 Å². The van der Waals surface area contributed by atoms with Crippen molar-refractivity contribution in [2.75, 3.05) is 0 Å². The summed E-state index contributed by atoms with van der Waals surface area (Å²) >= 11 is 2.84.